The van der Waals surface area contributed by atoms with Crippen molar-refractivity contribution in [1.82, 2.24) is 9.78 Å². The summed E-state index contributed by atoms with van der Waals surface area (Å²) in [5.41, 5.74) is -2.53. The molecule has 3 rings (SSSR count). The monoisotopic (exact) mass is 284 g/mol. The first-order chi connectivity index (χ1) is 8.79. The van der Waals surface area contributed by atoms with Crippen molar-refractivity contribution in [2.75, 3.05) is 13.2 Å². The molecule has 1 aliphatic heterocycles. The van der Waals surface area contributed by atoms with E-state index in [9.17, 15) is 22.0 Å². The number of alkyl halides is 5. The number of rotatable bonds is 0. The normalized spacial score (nSPS) is 29.2. The van der Waals surface area contributed by atoms with Crippen LogP contribution in [0.25, 0.3) is 0 Å². The molecule has 0 aromatic carbocycles. The lowest BCUT2D eigenvalue weighted by atomic mass is 10.1. The number of hydrogen-bond acceptors (Lipinski definition) is 3. The van der Waals surface area contributed by atoms with Crippen LogP contribution in [-0.2, 0) is 28.5 Å². The van der Waals surface area contributed by atoms with Crippen molar-refractivity contribution >= 4 is 0 Å². The molecule has 2 atom stereocenters. The Labute approximate surface area is 104 Å². The van der Waals surface area contributed by atoms with Gasteiger partial charge in [0.2, 0.25) is 5.79 Å². The highest BCUT2D eigenvalue weighted by atomic mass is 19.4. The summed E-state index contributed by atoms with van der Waals surface area (Å²) in [6, 6.07) is 0. The third-order valence-electron chi connectivity index (χ3n) is 3.31. The Morgan fingerprint density at radius 1 is 1.26 bits per heavy atom. The van der Waals surface area contributed by atoms with Gasteiger partial charge in [-0.05, 0) is 0 Å². The van der Waals surface area contributed by atoms with Gasteiger partial charge >= 0.3 is 6.18 Å². The van der Waals surface area contributed by atoms with Crippen LogP contribution in [0.3, 0.4) is 0 Å². The lowest BCUT2D eigenvalue weighted by molar-refractivity contribution is -0.217. The topological polar surface area (TPSA) is 36.3 Å². The summed E-state index contributed by atoms with van der Waals surface area (Å²) < 4.78 is 77.3. The van der Waals surface area contributed by atoms with E-state index >= 15 is 0 Å². The molecule has 106 valence electrons. The molecule has 2 heterocycles. The number of ether oxygens (including phenoxy) is 2. The summed E-state index contributed by atoms with van der Waals surface area (Å²) in [6.45, 7) is -0.197. The van der Waals surface area contributed by atoms with E-state index in [-0.39, 0.29) is 13.2 Å². The molecule has 1 aliphatic carbocycles. The van der Waals surface area contributed by atoms with Crippen molar-refractivity contribution in [3.8, 4) is 0 Å². The zero-order valence-electron chi connectivity index (χ0n) is 9.67. The van der Waals surface area contributed by atoms with Gasteiger partial charge in [0.25, 0.3) is 0 Å². The first-order valence-corrected chi connectivity index (χ1v) is 5.49. The molecule has 1 fully saturated rings. The van der Waals surface area contributed by atoms with Crippen molar-refractivity contribution < 1.29 is 31.4 Å². The van der Waals surface area contributed by atoms with Crippen molar-refractivity contribution in [3.05, 3.63) is 17.0 Å². The van der Waals surface area contributed by atoms with Gasteiger partial charge in [0, 0.05) is 7.05 Å². The van der Waals surface area contributed by atoms with Crippen molar-refractivity contribution in [3.63, 3.8) is 0 Å². The summed E-state index contributed by atoms with van der Waals surface area (Å²) in [5.74, 6) is -2.33. The van der Waals surface area contributed by atoms with E-state index < -0.39 is 41.3 Å². The molecular formula is C10H9F5N2O2. The molecule has 1 spiro atoms. The molecule has 0 bridgehead atoms. The smallest absolute Gasteiger partial charge is 0.341 e. The first-order valence-electron chi connectivity index (χ1n) is 5.49. The Morgan fingerprint density at radius 2 is 1.84 bits per heavy atom. The molecular weight excluding hydrogens is 275 g/mol. The van der Waals surface area contributed by atoms with Crippen LogP contribution in [0.15, 0.2) is 0 Å². The summed E-state index contributed by atoms with van der Waals surface area (Å²) >= 11 is 0. The van der Waals surface area contributed by atoms with Crippen LogP contribution in [-0.4, -0.2) is 29.2 Å². The highest BCUT2D eigenvalue weighted by Crippen LogP contribution is 2.55. The molecule has 1 aromatic heterocycles. The van der Waals surface area contributed by atoms with Gasteiger partial charge in [0.05, 0.1) is 24.5 Å². The largest absolute Gasteiger partial charge is 0.435 e. The highest BCUT2D eigenvalue weighted by Gasteiger charge is 2.64. The second kappa shape index (κ2) is 3.66. The summed E-state index contributed by atoms with van der Waals surface area (Å²) in [5, 5.41) is 3.23. The minimum Gasteiger partial charge on any atom is -0.341 e. The first kappa shape index (κ1) is 12.8. The maximum absolute atomic E-state index is 14.0. The number of halogens is 5. The van der Waals surface area contributed by atoms with Crippen molar-refractivity contribution in [1.29, 1.82) is 0 Å². The van der Waals surface area contributed by atoms with Gasteiger partial charge in [0.1, 0.15) is 0 Å². The zero-order valence-corrected chi connectivity index (χ0v) is 9.67. The zero-order chi connectivity index (χ0) is 14.0. The van der Waals surface area contributed by atoms with Crippen molar-refractivity contribution in [2.45, 2.75) is 24.3 Å². The van der Waals surface area contributed by atoms with Gasteiger partial charge in [0.15, 0.2) is 18.0 Å². The summed E-state index contributed by atoms with van der Waals surface area (Å²) in [7, 11) is 1.13. The minimum atomic E-state index is -4.84. The van der Waals surface area contributed by atoms with Crippen LogP contribution >= 0.6 is 0 Å². The molecule has 0 amide bonds. The molecule has 4 nitrogen and oxygen atoms in total. The number of aromatic nitrogens is 2. The fourth-order valence-corrected chi connectivity index (χ4v) is 2.60. The lowest BCUT2D eigenvalue weighted by Gasteiger charge is -2.26. The SMILES string of the molecule is Cn1nc(C(F)(F)F)c2c1C(F)C(F)C21OCCO1. The molecule has 1 saturated heterocycles. The molecule has 9 heteroatoms. The molecule has 0 saturated carbocycles. The molecule has 19 heavy (non-hydrogen) atoms. The van der Waals surface area contributed by atoms with Crippen LogP contribution in [0.2, 0.25) is 0 Å². The Kier molecular flexibility index (Phi) is 2.47. The third-order valence-corrected chi connectivity index (χ3v) is 3.31. The van der Waals surface area contributed by atoms with E-state index in [1.165, 1.54) is 0 Å². The number of nitrogens with zero attached hydrogens (tertiary/aromatic N) is 2. The standard InChI is InChI=1S/C10H9F5N2O2/c1-17-6-4(8(16-17)10(13,14)15)9(7(12)5(6)11)18-2-3-19-9/h5,7H,2-3H2,1H3. The van der Waals surface area contributed by atoms with E-state index in [2.05, 4.69) is 5.10 Å². The van der Waals surface area contributed by atoms with Crippen molar-refractivity contribution in [2.24, 2.45) is 7.05 Å². The molecule has 2 unspecified atom stereocenters. The Bertz CT molecular complexity index is 521. The molecule has 1 aromatic rings. The molecule has 0 radical (unpaired) electrons. The summed E-state index contributed by atoms with van der Waals surface area (Å²) in [4.78, 5) is 0. The van der Waals surface area contributed by atoms with E-state index in [1.807, 2.05) is 0 Å². The quantitative estimate of drug-likeness (QED) is 0.684. The Morgan fingerprint density at radius 3 is 2.37 bits per heavy atom. The molecule has 2 aliphatic rings. The van der Waals surface area contributed by atoms with E-state index in [0.29, 0.717) is 4.68 Å². The van der Waals surface area contributed by atoms with Gasteiger partial charge in [-0.25, -0.2) is 8.78 Å². The molecule has 0 N–H and O–H groups in total. The maximum atomic E-state index is 14.0. The van der Waals surface area contributed by atoms with Crippen LogP contribution in [0.1, 0.15) is 23.1 Å². The average Bonchev–Trinajstić information content (AvgIpc) is 2.95. The van der Waals surface area contributed by atoms with Gasteiger partial charge in [-0.1, -0.05) is 0 Å². The van der Waals surface area contributed by atoms with Crippen LogP contribution in [0.5, 0.6) is 0 Å². The van der Waals surface area contributed by atoms with Gasteiger partial charge < -0.3 is 9.47 Å². The lowest BCUT2D eigenvalue weighted by Crippen LogP contribution is -2.36. The third kappa shape index (κ3) is 1.48. The van der Waals surface area contributed by atoms with E-state index in [4.69, 9.17) is 9.47 Å². The van der Waals surface area contributed by atoms with E-state index in [1.54, 1.807) is 0 Å². The second-order valence-corrected chi connectivity index (χ2v) is 4.40. The number of aryl methyl sites for hydroxylation is 1. The summed E-state index contributed by atoms with van der Waals surface area (Å²) in [6.07, 6.45) is -9.44. The van der Waals surface area contributed by atoms with E-state index in [0.717, 1.165) is 7.05 Å². The van der Waals surface area contributed by atoms with Gasteiger partial charge in [-0.3, -0.25) is 4.68 Å². The Balaban J connectivity index is 2.27. The van der Waals surface area contributed by atoms with Gasteiger partial charge in [-0.2, -0.15) is 18.3 Å². The van der Waals surface area contributed by atoms with Gasteiger partial charge in [-0.15, -0.1) is 0 Å². The fourth-order valence-electron chi connectivity index (χ4n) is 2.60. The van der Waals surface area contributed by atoms with Crippen LogP contribution in [0, 0.1) is 0 Å². The van der Waals surface area contributed by atoms with Crippen LogP contribution < -0.4 is 0 Å². The highest BCUT2D eigenvalue weighted by molar-refractivity contribution is 5.42. The Hall–Kier alpha value is -1.22. The maximum Gasteiger partial charge on any atom is 0.435 e. The average molecular weight is 284 g/mol. The number of hydrogen-bond donors (Lipinski definition) is 0. The minimum absolute atomic E-state index is 0.0984. The fraction of sp³-hybridized carbons (Fsp3) is 0.700. The van der Waals surface area contributed by atoms with Crippen LogP contribution in [0.4, 0.5) is 22.0 Å². The predicted octanol–water partition coefficient (Wildman–Crippen LogP) is 2.00. The number of fused-ring (bicyclic) bond motifs is 2. The predicted molar refractivity (Wildman–Crippen MR) is 50.5 cm³/mol. The second-order valence-electron chi connectivity index (χ2n) is 4.40.